The minimum Gasteiger partial charge on any atom is -0.349 e. The molecule has 2 aromatic rings. The van der Waals surface area contributed by atoms with Gasteiger partial charge in [-0.3, -0.25) is 9.20 Å². The van der Waals surface area contributed by atoms with Crippen LogP contribution in [-0.2, 0) is 4.79 Å². The molecule has 96 valence electrons. The lowest BCUT2D eigenvalue weighted by molar-refractivity contribution is -0.117. The van der Waals surface area contributed by atoms with E-state index in [-0.39, 0.29) is 17.5 Å². The van der Waals surface area contributed by atoms with Crippen molar-refractivity contribution in [2.24, 2.45) is 0 Å². The van der Waals surface area contributed by atoms with Gasteiger partial charge in [-0.15, -0.1) is 11.3 Å². The molecule has 2 aromatic heterocycles. The van der Waals surface area contributed by atoms with Crippen LogP contribution in [0.4, 0.5) is 0 Å². The summed E-state index contributed by atoms with van der Waals surface area (Å²) in [5.41, 5.74) is 0.599. The van der Waals surface area contributed by atoms with Gasteiger partial charge in [0.15, 0.2) is 10.1 Å². The molecule has 5 nitrogen and oxygen atoms in total. The maximum Gasteiger partial charge on any atom is 0.262 e. The van der Waals surface area contributed by atoms with Crippen LogP contribution in [0.3, 0.4) is 0 Å². The van der Waals surface area contributed by atoms with E-state index in [0.717, 1.165) is 17.8 Å². The van der Waals surface area contributed by atoms with Crippen LogP contribution < -0.4 is 5.32 Å². The van der Waals surface area contributed by atoms with Crippen LogP contribution >= 0.6 is 22.9 Å². The Morgan fingerprint density at radius 1 is 1.68 bits per heavy atom. The molecule has 1 aliphatic carbocycles. The molecule has 7 heteroatoms. The van der Waals surface area contributed by atoms with Crippen molar-refractivity contribution in [2.45, 2.75) is 18.9 Å². The normalized spacial score (nSPS) is 15.5. The monoisotopic (exact) mass is 292 g/mol. The molecule has 0 radical (unpaired) electrons. The summed E-state index contributed by atoms with van der Waals surface area (Å²) in [7, 11) is 0. The smallest absolute Gasteiger partial charge is 0.262 e. The zero-order chi connectivity index (χ0) is 13.4. The first kappa shape index (κ1) is 12.2. The third-order valence-corrected chi connectivity index (χ3v) is 3.85. The van der Waals surface area contributed by atoms with Gasteiger partial charge in [-0.1, -0.05) is 11.6 Å². The Bertz CT molecular complexity index is 720. The molecule has 3 rings (SSSR count). The number of carbonyl (C=O) groups excluding carboxylic acids is 1. The van der Waals surface area contributed by atoms with Crippen LogP contribution in [0, 0.1) is 11.3 Å². The number of imidazole rings is 1. The van der Waals surface area contributed by atoms with E-state index in [2.05, 4.69) is 10.3 Å². The SMILES string of the molecule is N#C/C(=C\c1c(Cl)nc2sccn12)C(=O)NC1CC1. The van der Waals surface area contributed by atoms with Gasteiger partial charge in [0.25, 0.3) is 5.91 Å². The van der Waals surface area contributed by atoms with Crippen molar-refractivity contribution in [3.05, 3.63) is 28.0 Å². The molecule has 1 aliphatic rings. The fraction of sp³-hybridized carbons (Fsp3) is 0.250. The fourth-order valence-corrected chi connectivity index (χ4v) is 2.68. The number of thiazole rings is 1. The number of hydrogen-bond donors (Lipinski definition) is 1. The molecule has 1 saturated carbocycles. The van der Waals surface area contributed by atoms with E-state index in [0.29, 0.717) is 10.8 Å². The Morgan fingerprint density at radius 2 is 2.47 bits per heavy atom. The van der Waals surface area contributed by atoms with E-state index < -0.39 is 0 Å². The van der Waals surface area contributed by atoms with Crippen LogP contribution in [0.1, 0.15) is 18.5 Å². The quantitative estimate of drug-likeness (QED) is 0.696. The van der Waals surface area contributed by atoms with Gasteiger partial charge in [0.1, 0.15) is 11.6 Å². The second-order valence-corrected chi connectivity index (χ2v) is 5.49. The largest absolute Gasteiger partial charge is 0.349 e. The molecule has 0 bridgehead atoms. The molecule has 1 fully saturated rings. The number of nitrogens with one attached hydrogen (secondary N) is 1. The van der Waals surface area contributed by atoms with E-state index in [1.165, 1.54) is 17.4 Å². The molecule has 0 aliphatic heterocycles. The van der Waals surface area contributed by atoms with Crippen molar-refractivity contribution in [3.63, 3.8) is 0 Å². The molecule has 2 heterocycles. The Labute approximate surface area is 118 Å². The van der Waals surface area contributed by atoms with Crippen molar-refractivity contribution in [2.75, 3.05) is 0 Å². The van der Waals surface area contributed by atoms with Crippen molar-refractivity contribution in [3.8, 4) is 6.07 Å². The second-order valence-electron chi connectivity index (χ2n) is 4.26. The van der Waals surface area contributed by atoms with Crippen LogP contribution in [0.2, 0.25) is 5.15 Å². The lowest BCUT2D eigenvalue weighted by Gasteiger charge is -2.01. The summed E-state index contributed by atoms with van der Waals surface area (Å²) in [5, 5.41) is 14.0. The van der Waals surface area contributed by atoms with E-state index >= 15 is 0 Å². The average molecular weight is 293 g/mol. The average Bonchev–Trinajstić information content (AvgIpc) is 2.99. The second kappa shape index (κ2) is 4.68. The van der Waals surface area contributed by atoms with Crippen molar-refractivity contribution in [1.29, 1.82) is 5.26 Å². The Morgan fingerprint density at radius 3 is 3.16 bits per heavy atom. The van der Waals surface area contributed by atoms with Gasteiger partial charge in [0, 0.05) is 17.6 Å². The maximum atomic E-state index is 11.9. The van der Waals surface area contributed by atoms with Gasteiger partial charge in [-0.2, -0.15) is 5.26 Å². The molecular weight excluding hydrogens is 284 g/mol. The number of rotatable bonds is 3. The molecule has 0 aromatic carbocycles. The lowest BCUT2D eigenvalue weighted by atomic mass is 10.2. The predicted molar refractivity (Wildman–Crippen MR) is 72.8 cm³/mol. The van der Waals surface area contributed by atoms with Crippen molar-refractivity contribution < 1.29 is 4.79 Å². The number of nitriles is 1. The highest BCUT2D eigenvalue weighted by molar-refractivity contribution is 7.15. The number of fused-ring (bicyclic) bond motifs is 1. The number of carbonyl (C=O) groups is 1. The number of nitrogens with zero attached hydrogens (tertiary/aromatic N) is 3. The zero-order valence-electron chi connectivity index (χ0n) is 9.76. The molecular formula is C12H9ClN4OS. The van der Waals surface area contributed by atoms with Gasteiger partial charge in [-0.05, 0) is 18.9 Å². The molecule has 0 spiro atoms. The van der Waals surface area contributed by atoms with E-state index in [1.54, 1.807) is 10.6 Å². The van der Waals surface area contributed by atoms with E-state index in [1.807, 2.05) is 11.4 Å². The van der Waals surface area contributed by atoms with E-state index in [9.17, 15) is 4.79 Å². The molecule has 1 amide bonds. The summed E-state index contributed by atoms with van der Waals surface area (Å²) in [6.45, 7) is 0. The Balaban J connectivity index is 1.97. The fourth-order valence-electron chi connectivity index (χ4n) is 1.68. The van der Waals surface area contributed by atoms with Crippen molar-refractivity contribution in [1.82, 2.24) is 14.7 Å². The Kier molecular flexibility index (Phi) is 3.01. The highest BCUT2D eigenvalue weighted by Crippen LogP contribution is 2.24. The topological polar surface area (TPSA) is 70.2 Å². The first-order valence-corrected chi connectivity index (χ1v) is 6.98. The van der Waals surface area contributed by atoms with Gasteiger partial charge < -0.3 is 5.32 Å². The molecule has 19 heavy (non-hydrogen) atoms. The van der Waals surface area contributed by atoms with Gasteiger partial charge in [-0.25, -0.2) is 4.98 Å². The lowest BCUT2D eigenvalue weighted by Crippen LogP contribution is -2.26. The van der Waals surface area contributed by atoms with E-state index in [4.69, 9.17) is 16.9 Å². The third-order valence-electron chi connectivity index (χ3n) is 2.81. The Hall–Kier alpha value is -1.84. The zero-order valence-corrected chi connectivity index (χ0v) is 11.3. The first-order chi connectivity index (χ1) is 9.19. The van der Waals surface area contributed by atoms with Gasteiger partial charge >= 0.3 is 0 Å². The standard InChI is InChI=1S/C12H9ClN4OS/c13-10-9(17-3-4-19-12(17)16-10)5-7(6-14)11(18)15-8-1-2-8/h3-5,8H,1-2H2,(H,15,18)/b7-5+. The maximum absolute atomic E-state index is 11.9. The van der Waals surface area contributed by atoms with Crippen LogP contribution in [0.15, 0.2) is 17.2 Å². The third kappa shape index (κ3) is 2.35. The molecule has 0 saturated heterocycles. The van der Waals surface area contributed by atoms with Crippen LogP contribution in [0.25, 0.3) is 11.0 Å². The van der Waals surface area contributed by atoms with Crippen LogP contribution in [-0.4, -0.2) is 21.3 Å². The number of amides is 1. The summed E-state index contributed by atoms with van der Waals surface area (Å²) < 4.78 is 1.76. The van der Waals surface area contributed by atoms with Crippen LogP contribution in [0.5, 0.6) is 0 Å². The number of halogens is 1. The first-order valence-electron chi connectivity index (χ1n) is 5.73. The predicted octanol–water partition coefficient (Wildman–Crippen LogP) is 2.23. The summed E-state index contributed by atoms with van der Waals surface area (Å²) in [6.07, 6.45) is 5.24. The number of hydrogen-bond acceptors (Lipinski definition) is 4. The van der Waals surface area contributed by atoms with Gasteiger partial charge in [0.2, 0.25) is 0 Å². The minimum atomic E-state index is -0.355. The highest BCUT2D eigenvalue weighted by atomic mass is 35.5. The van der Waals surface area contributed by atoms with Gasteiger partial charge in [0.05, 0.1) is 5.69 Å². The summed E-state index contributed by atoms with van der Waals surface area (Å²) >= 11 is 7.46. The number of aromatic nitrogens is 2. The summed E-state index contributed by atoms with van der Waals surface area (Å²) in [5.74, 6) is -0.355. The molecule has 0 unspecified atom stereocenters. The minimum absolute atomic E-state index is 0.0433. The summed E-state index contributed by atoms with van der Waals surface area (Å²) in [6, 6.07) is 2.12. The molecule has 0 atom stereocenters. The highest BCUT2D eigenvalue weighted by Gasteiger charge is 2.25. The van der Waals surface area contributed by atoms with Crippen molar-refractivity contribution >= 4 is 39.9 Å². The summed E-state index contributed by atoms with van der Waals surface area (Å²) in [4.78, 5) is 16.8. The molecule has 1 N–H and O–H groups in total.